The van der Waals surface area contributed by atoms with E-state index in [0.717, 1.165) is 24.8 Å². The Morgan fingerprint density at radius 3 is 2.94 bits per heavy atom. The Kier molecular flexibility index (Phi) is 4.20. The van der Waals surface area contributed by atoms with E-state index in [2.05, 4.69) is 5.32 Å². The lowest BCUT2D eigenvalue weighted by atomic mass is 9.85. The maximum Gasteiger partial charge on any atom is 0.223 e. The molecule has 2 N–H and O–H groups in total. The number of aliphatic hydroxyl groups is 1. The second-order valence-electron chi connectivity index (χ2n) is 4.67. The molecule has 4 nitrogen and oxygen atoms in total. The molecule has 2 rings (SSSR count). The van der Waals surface area contributed by atoms with Gasteiger partial charge in [0.2, 0.25) is 5.91 Å². The van der Waals surface area contributed by atoms with E-state index in [1.54, 1.807) is 13.2 Å². The van der Waals surface area contributed by atoms with Gasteiger partial charge in [-0.25, -0.2) is 0 Å². The van der Waals surface area contributed by atoms with Gasteiger partial charge in [0.25, 0.3) is 0 Å². The van der Waals surface area contributed by atoms with Crippen LogP contribution < -0.4 is 10.1 Å². The van der Waals surface area contributed by atoms with E-state index in [-0.39, 0.29) is 18.4 Å². The molecule has 1 aromatic rings. The maximum absolute atomic E-state index is 11.6. The molecule has 0 heterocycles. The van der Waals surface area contributed by atoms with Crippen molar-refractivity contribution in [2.75, 3.05) is 13.7 Å². The van der Waals surface area contributed by atoms with Crippen LogP contribution >= 0.6 is 0 Å². The summed E-state index contributed by atoms with van der Waals surface area (Å²) in [4.78, 5) is 11.6. The summed E-state index contributed by atoms with van der Waals surface area (Å²) in [5.41, 5.74) is 0.753. The number of aliphatic hydroxyl groups excluding tert-OH is 1. The van der Waals surface area contributed by atoms with Gasteiger partial charge in [0, 0.05) is 12.5 Å². The number of carbonyl (C=O) groups excluding carboxylic acids is 1. The number of benzene rings is 1. The number of methoxy groups -OCH3 is 1. The quantitative estimate of drug-likeness (QED) is 0.834. The number of rotatable bonds is 5. The highest BCUT2D eigenvalue weighted by atomic mass is 16.5. The fraction of sp³-hybridized carbons (Fsp3) is 0.500. The van der Waals surface area contributed by atoms with Gasteiger partial charge in [0.1, 0.15) is 5.75 Å². The summed E-state index contributed by atoms with van der Waals surface area (Å²) in [6, 6.07) is 7.25. The van der Waals surface area contributed by atoms with Crippen LogP contribution in [0.15, 0.2) is 24.3 Å². The second kappa shape index (κ2) is 5.87. The first-order chi connectivity index (χ1) is 8.70. The van der Waals surface area contributed by atoms with E-state index in [0.29, 0.717) is 5.75 Å². The Balaban J connectivity index is 1.86. The van der Waals surface area contributed by atoms with E-state index in [9.17, 15) is 9.90 Å². The van der Waals surface area contributed by atoms with Crippen LogP contribution in [0, 0.1) is 5.92 Å². The van der Waals surface area contributed by atoms with Gasteiger partial charge >= 0.3 is 0 Å². The van der Waals surface area contributed by atoms with Crippen LogP contribution in [0.4, 0.5) is 0 Å². The second-order valence-corrected chi connectivity index (χ2v) is 4.67. The SMILES string of the molecule is COc1cccc(C(O)CNC(=O)C2CCC2)c1. The smallest absolute Gasteiger partial charge is 0.223 e. The Bertz CT molecular complexity index is 415. The van der Waals surface area contributed by atoms with Gasteiger partial charge in [-0.05, 0) is 30.5 Å². The molecule has 0 saturated heterocycles. The standard InChI is InChI=1S/C14H19NO3/c1-18-12-7-3-6-11(8-12)13(16)9-15-14(17)10-4-2-5-10/h3,6-8,10,13,16H,2,4-5,9H2,1H3,(H,15,17). The van der Waals surface area contributed by atoms with Gasteiger partial charge in [0.15, 0.2) is 0 Å². The highest BCUT2D eigenvalue weighted by Gasteiger charge is 2.25. The van der Waals surface area contributed by atoms with E-state index < -0.39 is 6.10 Å². The van der Waals surface area contributed by atoms with Gasteiger partial charge in [-0.1, -0.05) is 18.6 Å². The zero-order valence-electron chi connectivity index (χ0n) is 10.6. The summed E-state index contributed by atoms with van der Waals surface area (Å²) in [6.07, 6.45) is 2.39. The molecule has 1 aromatic carbocycles. The molecule has 0 aromatic heterocycles. The maximum atomic E-state index is 11.6. The zero-order valence-corrected chi connectivity index (χ0v) is 10.6. The minimum absolute atomic E-state index is 0.0585. The van der Waals surface area contributed by atoms with Gasteiger partial charge < -0.3 is 15.2 Å². The fourth-order valence-corrected chi connectivity index (χ4v) is 1.98. The topological polar surface area (TPSA) is 58.6 Å². The van der Waals surface area contributed by atoms with Crippen molar-refractivity contribution in [3.63, 3.8) is 0 Å². The van der Waals surface area contributed by atoms with Crippen LogP contribution in [0.3, 0.4) is 0 Å². The summed E-state index contributed by atoms with van der Waals surface area (Å²) in [7, 11) is 1.59. The summed E-state index contributed by atoms with van der Waals surface area (Å²) in [5, 5.41) is 12.8. The minimum Gasteiger partial charge on any atom is -0.497 e. The van der Waals surface area contributed by atoms with Crippen LogP contribution in [0.2, 0.25) is 0 Å². The van der Waals surface area contributed by atoms with Gasteiger partial charge in [-0.3, -0.25) is 4.79 Å². The van der Waals surface area contributed by atoms with Gasteiger partial charge in [0.05, 0.1) is 13.2 Å². The average molecular weight is 249 g/mol. The van der Waals surface area contributed by atoms with Gasteiger partial charge in [-0.15, -0.1) is 0 Å². The predicted molar refractivity (Wildman–Crippen MR) is 68.3 cm³/mol. The van der Waals surface area contributed by atoms with Gasteiger partial charge in [-0.2, -0.15) is 0 Å². The molecule has 0 bridgehead atoms. The van der Waals surface area contributed by atoms with Crippen molar-refractivity contribution in [1.82, 2.24) is 5.32 Å². The number of ether oxygens (including phenoxy) is 1. The Morgan fingerprint density at radius 2 is 2.33 bits per heavy atom. The van der Waals surface area contributed by atoms with Crippen molar-refractivity contribution in [3.05, 3.63) is 29.8 Å². The Morgan fingerprint density at radius 1 is 1.56 bits per heavy atom. The lowest BCUT2D eigenvalue weighted by molar-refractivity contribution is -0.127. The average Bonchev–Trinajstić information content (AvgIpc) is 2.34. The van der Waals surface area contributed by atoms with E-state index in [1.807, 2.05) is 18.2 Å². The third kappa shape index (κ3) is 3.01. The fourth-order valence-electron chi connectivity index (χ4n) is 1.98. The number of amides is 1. The summed E-state index contributed by atoms with van der Waals surface area (Å²) in [6.45, 7) is 0.252. The Hall–Kier alpha value is -1.55. The molecule has 1 aliphatic carbocycles. The van der Waals surface area contributed by atoms with E-state index in [1.165, 1.54) is 0 Å². The molecule has 1 aliphatic rings. The van der Waals surface area contributed by atoms with Crippen molar-refractivity contribution < 1.29 is 14.6 Å². The number of hydrogen-bond donors (Lipinski definition) is 2. The number of nitrogens with one attached hydrogen (secondary N) is 1. The van der Waals surface area contributed by atoms with Crippen LogP contribution in [0.1, 0.15) is 30.9 Å². The molecule has 98 valence electrons. The van der Waals surface area contributed by atoms with Crippen molar-refractivity contribution in [2.24, 2.45) is 5.92 Å². The summed E-state index contributed by atoms with van der Waals surface area (Å²) < 4.78 is 5.10. The summed E-state index contributed by atoms with van der Waals surface area (Å²) in [5.74, 6) is 0.919. The molecule has 1 amide bonds. The van der Waals surface area contributed by atoms with Crippen molar-refractivity contribution in [2.45, 2.75) is 25.4 Å². The van der Waals surface area contributed by atoms with E-state index >= 15 is 0 Å². The normalized spacial score (nSPS) is 16.8. The molecule has 1 fully saturated rings. The zero-order chi connectivity index (χ0) is 13.0. The molecule has 1 saturated carbocycles. The van der Waals surface area contributed by atoms with Crippen LogP contribution in [0.25, 0.3) is 0 Å². The van der Waals surface area contributed by atoms with E-state index in [4.69, 9.17) is 4.74 Å². The van der Waals surface area contributed by atoms with Crippen molar-refractivity contribution in [1.29, 1.82) is 0 Å². The minimum atomic E-state index is -0.691. The molecule has 18 heavy (non-hydrogen) atoms. The molecule has 0 radical (unpaired) electrons. The van der Waals surface area contributed by atoms with Crippen LogP contribution in [-0.2, 0) is 4.79 Å². The largest absolute Gasteiger partial charge is 0.497 e. The molecule has 1 unspecified atom stereocenters. The molecule has 1 atom stereocenters. The first kappa shape index (κ1) is 12.9. The van der Waals surface area contributed by atoms with Crippen LogP contribution in [0.5, 0.6) is 5.75 Å². The van der Waals surface area contributed by atoms with Crippen molar-refractivity contribution in [3.8, 4) is 5.75 Å². The Labute approximate surface area is 107 Å². The third-order valence-corrected chi connectivity index (χ3v) is 3.42. The predicted octanol–water partition coefficient (Wildman–Crippen LogP) is 1.64. The number of carbonyl (C=O) groups is 1. The van der Waals surface area contributed by atoms with Crippen molar-refractivity contribution >= 4 is 5.91 Å². The lowest BCUT2D eigenvalue weighted by Gasteiger charge is -2.24. The monoisotopic (exact) mass is 249 g/mol. The molecular weight excluding hydrogens is 230 g/mol. The van der Waals surface area contributed by atoms with Crippen LogP contribution in [-0.4, -0.2) is 24.7 Å². The summed E-state index contributed by atoms with van der Waals surface area (Å²) >= 11 is 0. The first-order valence-corrected chi connectivity index (χ1v) is 6.30. The third-order valence-electron chi connectivity index (χ3n) is 3.42. The molecule has 4 heteroatoms. The number of hydrogen-bond acceptors (Lipinski definition) is 3. The molecule has 0 spiro atoms. The lowest BCUT2D eigenvalue weighted by Crippen LogP contribution is -2.36. The highest BCUT2D eigenvalue weighted by molar-refractivity contribution is 5.79. The molecular formula is C14H19NO3. The highest BCUT2D eigenvalue weighted by Crippen LogP contribution is 2.26. The molecule has 0 aliphatic heterocycles. The first-order valence-electron chi connectivity index (χ1n) is 6.30.